The summed E-state index contributed by atoms with van der Waals surface area (Å²) in [5.41, 5.74) is 6.78. The van der Waals surface area contributed by atoms with Gasteiger partial charge in [0.15, 0.2) is 6.61 Å². The molecular weight excluding hydrogens is 228 g/mol. The summed E-state index contributed by atoms with van der Waals surface area (Å²) < 4.78 is 5.42. The van der Waals surface area contributed by atoms with E-state index < -0.39 is 0 Å². The standard InChI is InChI=1S/C14H22N2O2/c1-3-4-8-16-14(17)10-18-13-7-5-6-12(9-13)11(2)15/h5-7,9,11H,3-4,8,10,15H2,1-2H3,(H,16,17)/t11-/m1/s1. The van der Waals surface area contributed by atoms with Gasteiger partial charge in [-0.3, -0.25) is 4.79 Å². The lowest BCUT2D eigenvalue weighted by molar-refractivity contribution is -0.123. The van der Waals surface area contributed by atoms with E-state index in [9.17, 15) is 4.79 Å². The first-order valence-corrected chi connectivity index (χ1v) is 6.38. The number of carbonyl (C=O) groups is 1. The molecule has 0 saturated heterocycles. The fourth-order valence-electron chi connectivity index (χ4n) is 1.49. The Kier molecular flexibility index (Phi) is 6.22. The molecule has 4 nitrogen and oxygen atoms in total. The van der Waals surface area contributed by atoms with Crippen molar-refractivity contribution in [1.82, 2.24) is 5.32 Å². The van der Waals surface area contributed by atoms with Gasteiger partial charge >= 0.3 is 0 Å². The van der Waals surface area contributed by atoms with Crippen LogP contribution in [0.3, 0.4) is 0 Å². The van der Waals surface area contributed by atoms with Gasteiger partial charge in [-0.25, -0.2) is 0 Å². The first-order valence-electron chi connectivity index (χ1n) is 6.38. The van der Waals surface area contributed by atoms with Crippen LogP contribution >= 0.6 is 0 Å². The molecule has 0 aliphatic carbocycles. The van der Waals surface area contributed by atoms with Crippen molar-refractivity contribution in [3.63, 3.8) is 0 Å². The summed E-state index contributed by atoms with van der Waals surface area (Å²) in [6.07, 6.45) is 2.06. The zero-order valence-electron chi connectivity index (χ0n) is 11.1. The second kappa shape index (κ2) is 7.71. The summed E-state index contributed by atoms with van der Waals surface area (Å²) in [6, 6.07) is 7.48. The number of benzene rings is 1. The predicted molar refractivity (Wildman–Crippen MR) is 72.5 cm³/mol. The number of ether oxygens (including phenoxy) is 1. The molecule has 0 heterocycles. The van der Waals surface area contributed by atoms with E-state index in [0.29, 0.717) is 12.3 Å². The molecule has 0 unspecified atom stereocenters. The van der Waals surface area contributed by atoms with Crippen molar-refractivity contribution in [2.24, 2.45) is 5.73 Å². The topological polar surface area (TPSA) is 64.3 Å². The van der Waals surface area contributed by atoms with Crippen LogP contribution in [0.1, 0.15) is 38.3 Å². The molecule has 1 rings (SSSR count). The highest BCUT2D eigenvalue weighted by Gasteiger charge is 2.04. The smallest absolute Gasteiger partial charge is 0.257 e. The Bertz CT molecular complexity index is 378. The minimum Gasteiger partial charge on any atom is -0.484 e. The number of rotatable bonds is 7. The molecule has 1 aromatic carbocycles. The fraction of sp³-hybridized carbons (Fsp3) is 0.500. The minimum absolute atomic E-state index is 0.0352. The van der Waals surface area contributed by atoms with Gasteiger partial charge in [-0.15, -0.1) is 0 Å². The summed E-state index contributed by atoms with van der Waals surface area (Å²) in [5, 5.41) is 2.80. The average Bonchev–Trinajstić information content (AvgIpc) is 2.37. The Morgan fingerprint density at radius 2 is 2.28 bits per heavy atom. The number of carbonyl (C=O) groups excluding carboxylic acids is 1. The number of nitrogens with two attached hydrogens (primary N) is 1. The third-order valence-corrected chi connectivity index (χ3v) is 2.61. The molecular formula is C14H22N2O2. The van der Waals surface area contributed by atoms with Crippen LogP contribution in [-0.2, 0) is 4.79 Å². The molecule has 4 heteroatoms. The normalized spacial score (nSPS) is 11.9. The van der Waals surface area contributed by atoms with Gasteiger partial charge in [0.2, 0.25) is 0 Å². The maximum atomic E-state index is 11.4. The molecule has 0 saturated carbocycles. The van der Waals surface area contributed by atoms with Crippen LogP contribution in [0.2, 0.25) is 0 Å². The van der Waals surface area contributed by atoms with Crippen molar-refractivity contribution in [2.45, 2.75) is 32.7 Å². The zero-order valence-corrected chi connectivity index (χ0v) is 11.1. The molecule has 0 bridgehead atoms. The number of nitrogens with one attached hydrogen (secondary N) is 1. The summed E-state index contributed by atoms with van der Waals surface area (Å²) >= 11 is 0. The maximum Gasteiger partial charge on any atom is 0.257 e. The SMILES string of the molecule is CCCCNC(=O)COc1cccc([C@@H](C)N)c1. The highest BCUT2D eigenvalue weighted by molar-refractivity contribution is 5.77. The summed E-state index contributed by atoms with van der Waals surface area (Å²) in [6.45, 7) is 4.75. The highest BCUT2D eigenvalue weighted by atomic mass is 16.5. The van der Waals surface area contributed by atoms with Crippen LogP contribution in [-0.4, -0.2) is 19.1 Å². The fourth-order valence-corrected chi connectivity index (χ4v) is 1.49. The highest BCUT2D eigenvalue weighted by Crippen LogP contribution is 2.17. The lowest BCUT2D eigenvalue weighted by atomic mass is 10.1. The van der Waals surface area contributed by atoms with Gasteiger partial charge in [-0.05, 0) is 31.0 Å². The van der Waals surface area contributed by atoms with Crippen molar-refractivity contribution in [1.29, 1.82) is 0 Å². The Balaban J connectivity index is 2.38. The molecule has 0 aliphatic heterocycles. The monoisotopic (exact) mass is 250 g/mol. The van der Waals surface area contributed by atoms with Crippen LogP contribution in [0, 0.1) is 0 Å². The summed E-state index contributed by atoms with van der Waals surface area (Å²) in [5.74, 6) is 0.588. The molecule has 0 radical (unpaired) electrons. The lowest BCUT2D eigenvalue weighted by Gasteiger charge is -2.10. The van der Waals surface area contributed by atoms with Crippen molar-refractivity contribution in [2.75, 3.05) is 13.2 Å². The van der Waals surface area contributed by atoms with E-state index in [-0.39, 0.29) is 18.6 Å². The van der Waals surface area contributed by atoms with Gasteiger partial charge in [0.25, 0.3) is 5.91 Å². The van der Waals surface area contributed by atoms with Crippen LogP contribution < -0.4 is 15.8 Å². The van der Waals surface area contributed by atoms with Crippen LogP contribution in [0.4, 0.5) is 0 Å². The number of hydrogen-bond donors (Lipinski definition) is 2. The van der Waals surface area contributed by atoms with Gasteiger partial charge in [-0.2, -0.15) is 0 Å². The Hall–Kier alpha value is -1.55. The van der Waals surface area contributed by atoms with Crippen LogP contribution in [0.15, 0.2) is 24.3 Å². The van der Waals surface area contributed by atoms with E-state index >= 15 is 0 Å². The third-order valence-electron chi connectivity index (χ3n) is 2.61. The molecule has 100 valence electrons. The number of unbranched alkanes of at least 4 members (excludes halogenated alkanes) is 1. The van der Waals surface area contributed by atoms with Crippen molar-refractivity contribution < 1.29 is 9.53 Å². The molecule has 1 atom stereocenters. The van der Waals surface area contributed by atoms with E-state index in [1.54, 1.807) is 0 Å². The van der Waals surface area contributed by atoms with Gasteiger partial charge in [0.1, 0.15) is 5.75 Å². The van der Waals surface area contributed by atoms with Gasteiger partial charge in [0.05, 0.1) is 0 Å². The van der Waals surface area contributed by atoms with E-state index in [1.165, 1.54) is 0 Å². The van der Waals surface area contributed by atoms with Crippen molar-refractivity contribution in [3.05, 3.63) is 29.8 Å². The zero-order chi connectivity index (χ0) is 13.4. The second-order valence-corrected chi connectivity index (χ2v) is 4.35. The summed E-state index contributed by atoms with van der Waals surface area (Å²) in [4.78, 5) is 11.4. The largest absolute Gasteiger partial charge is 0.484 e. The molecule has 0 fully saturated rings. The maximum absolute atomic E-state index is 11.4. The quantitative estimate of drug-likeness (QED) is 0.727. The van der Waals surface area contributed by atoms with Crippen molar-refractivity contribution >= 4 is 5.91 Å². The average molecular weight is 250 g/mol. The Labute approximate surface area is 109 Å². The van der Waals surface area contributed by atoms with Crippen LogP contribution in [0.25, 0.3) is 0 Å². The van der Waals surface area contributed by atoms with Gasteiger partial charge in [-0.1, -0.05) is 25.5 Å². The number of hydrogen-bond acceptors (Lipinski definition) is 3. The lowest BCUT2D eigenvalue weighted by Crippen LogP contribution is -2.29. The van der Waals surface area contributed by atoms with E-state index in [0.717, 1.165) is 18.4 Å². The molecule has 0 aliphatic rings. The summed E-state index contributed by atoms with van der Waals surface area (Å²) in [7, 11) is 0. The molecule has 1 aromatic rings. The third kappa shape index (κ3) is 5.19. The molecule has 1 amide bonds. The van der Waals surface area contributed by atoms with Crippen LogP contribution in [0.5, 0.6) is 5.75 Å². The predicted octanol–water partition coefficient (Wildman–Crippen LogP) is 2.00. The van der Waals surface area contributed by atoms with Gasteiger partial charge in [0, 0.05) is 12.6 Å². The minimum atomic E-state index is -0.0883. The second-order valence-electron chi connectivity index (χ2n) is 4.35. The van der Waals surface area contributed by atoms with E-state index in [1.807, 2.05) is 31.2 Å². The Morgan fingerprint density at radius 1 is 1.50 bits per heavy atom. The van der Waals surface area contributed by atoms with Crippen molar-refractivity contribution in [3.8, 4) is 5.75 Å². The molecule has 18 heavy (non-hydrogen) atoms. The van der Waals surface area contributed by atoms with Gasteiger partial charge < -0.3 is 15.8 Å². The van der Waals surface area contributed by atoms with E-state index in [2.05, 4.69) is 12.2 Å². The Morgan fingerprint density at radius 3 is 2.94 bits per heavy atom. The van der Waals surface area contributed by atoms with E-state index in [4.69, 9.17) is 10.5 Å². The first-order chi connectivity index (χ1) is 8.63. The molecule has 0 aromatic heterocycles. The molecule has 3 N–H and O–H groups in total. The number of amides is 1. The molecule has 0 spiro atoms. The first kappa shape index (κ1) is 14.5.